The monoisotopic (exact) mass is 308 g/mol. The molecule has 5 nitrogen and oxygen atoms in total. The lowest BCUT2D eigenvalue weighted by Gasteiger charge is -2.12. The molecule has 0 bridgehead atoms. The highest BCUT2D eigenvalue weighted by molar-refractivity contribution is 8.02. The summed E-state index contributed by atoms with van der Waals surface area (Å²) in [5, 5.41) is 6.07. The summed E-state index contributed by atoms with van der Waals surface area (Å²) in [6.07, 6.45) is 6.99. The Morgan fingerprint density at radius 1 is 1.23 bits per heavy atom. The lowest BCUT2D eigenvalue weighted by atomic mass is 10.3. The van der Waals surface area contributed by atoms with Gasteiger partial charge in [0, 0.05) is 41.1 Å². The number of allylic oxidation sites excluding steroid dienone is 1. The van der Waals surface area contributed by atoms with Crippen molar-refractivity contribution in [1.82, 2.24) is 19.9 Å². The number of rotatable bonds is 2. The van der Waals surface area contributed by atoms with E-state index in [1.165, 1.54) is 0 Å². The highest BCUT2D eigenvalue weighted by Crippen LogP contribution is 2.34. The van der Waals surface area contributed by atoms with Gasteiger partial charge < -0.3 is 5.32 Å². The first-order valence-electron chi connectivity index (χ1n) is 6.82. The first-order valence-corrected chi connectivity index (χ1v) is 7.76. The highest BCUT2D eigenvalue weighted by atomic mass is 32.2. The number of nitrogens with zero attached hydrogens (tertiary/aromatic N) is 3. The standard InChI is InChI=1S/C16H12N4OS/c21-16(20-8-5-11-3-2-7-18-14(11)20)13-10-22-15(19-13)12-4-1-6-17-9-12/h1-10,15,19H. The van der Waals surface area contributed by atoms with Crippen molar-refractivity contribution < 1.29 is 4.79 Å². The van der Waals surface area contributed by atoms with Crippen molar-refractivity contribution in [2.75, 3.05) is 0 Å². The minimum absolute atomic E-state index is 0.0161. The smallest absolute Gasteiger partial charge is 0.280 e. The molecule has 3 aromatic heterocycles. The average Bonchev–Trinajstić information content (AvgIpc) is 3.22. The van der Waals surface area contributed by atoms with E-state index in [0.29, 0.717) is 11.3 Å². The molecule has 3 aromatic rings. The Hall–Kier alpha value is -2.60. The number of thioether (sulfide) groups is 1. The second-order valence-corrected chi connectivity index (χ2v) is 5.86. The van der Waals surface area contributed by atoms with Gasteiger partial charge in [-0.2, -0.15) is 0 Å². The van der Waals surface area contributed by atoms with Crippen LogP contribution in [0.1, 0.15) is 15.7 Å². The zero-order chi connectivity index (χ0) is 14.9. The maximum Gasteiger partial charge on any atom is 0.280 e. The molecule has 6 heteroatoms. The van der Waals surface area contributed by atoms with Crippen LogP contribution in [0.2, 0.25) is 0 Å². The highest BCUT2D eigenvalue weighted by Gasteiger charge is 2.24. The third kappa shape index (κ3) is 2.17. The van der Waals surface area contributed by atoms with E-state index in [2.05, 4.69) is 15.3 Å². The van der Waals surface area contributed by atoms with Crippen LogP contribution in [-0.4, -0.2) is 20.4 Å². The molecular weight excluding hydrogens is 296 g/mol. The van der Waals surface area contributed by atoms with Crippen LogP contribution in [0.3, 0.4) is 0 Å². The van der Waals surface area contributed by atoms with E-state index in [-0.39, 0.29) is 11.3 Å². The molecule has 0 saturated carbocycles. The number of aromatic nitrogens is 3. The largest absolute Gasteiger partial charge is 0.364 e. The third-order valence-corrected chi connectivity index (χ3v) is 4.53. The molecule has 0 radical (unpaired) electrons. The Morgan fingerprint density at radius 2 is 2.14 bits per heavy atom. The van der Waals surface area contributed by atoms with Crippen molar-refractivity contribution in [2.45, 2.75) is 5.37 Å². The van der Waals surface area contributed by atoms with Gasteiger partial charge in [0.05, 0.1) is 0 Å². The summed E-state index contributed by atoms with van der Waals surface area (Å²) in [7, 11) is 0. The predicted molar refractivity (Wildman–Crippen MR) is 86.1 cm³/mol. The SMILES string of the molecule is O=C(C1=CSC(c2cccnc2)N1)n1ccc2cccnc21. The van der Waals surface area contributed by atoms with E-state index < -0.39 is 0 Å². The maximum atomic E-state index is 12.7. The molecule has 0 amide bonds. The molecule has 0 aliphatic carbocycles. The second kappa shape index (κ2) is 5.31. The van der Waals surface area contributed by atoms with Gasteiger partial charge in [-0.15, -0.1) is 11.8 Å². The minimum atomic E-state index is -0.104. The molecule has 1 aliphatic heterocycles. The summed E-state index contributed by atoms with van der Waals surface area (Å²) in [5.74, 6) is -0.104. The zero-order valence-electron chi connectivity index (χ0n) is 11.5. The Morgan fingerprint density at radius 3 is 3.00 bits per heavy atom. The van der Waals surface area contributed by atoms with Crippen molar-refractivity contribution in [3.05, 3.63) is 71.8 Å². The molecule has 22 heavy (non-hydrogen) atoms. The summed E-state index contributed by atoms with van der Waals surface area (Å²) in [6.45, 7) is 0. The van der Waals surface area contributed by atoms with E-state index in [9.17, 15) is 4.79 Å². The van der Waals surface area contributed by atoms with Crippen LogP contribution in [0.4, 0.5) is 0 Å². The number of fused-ring (bicyclic) bond motifs is 1. The van der Waals surface area contributed by atoms with Crippen LogP contribution in [0.5, 0.6) is 0 Å². The molecule has 0 fully saturated rings. The first kappa shape index (κ1) is 13.1. The number of carbonyl (C=O) groups excluding carboxylic acids is 1. The fraction of sp³-hybridized carbons (Fsp3) is 0.0625. The van der Waals surface area contributed by atoms with Gasteiger partial charge in [0.25, 0.3) is 5.91 Å². The number of nitrogens with one attached hydrogen (secondary N) is 1. The maximum absolute atomic E-state index is 12.7. The van der Waals surface area contributed by atoms with Gasteiger partial charge in [0.15, 0.2) is 0 Å². The van der Waals surface area contributed by atoms with Gasteiger partial charge in [0.2, 0.25) is 0 Å². The van der Waals surface area contributed by atoms with E-state index >= 15 is 0 Å². The number of hydrogen-bond donors (Lipinski definition) is 1. The van der Waals surface area contributed by atoms with Crippen molar-refractivity contribution in [3.63, 3.8) is 0 Å². The lowest BCUT2D eigenvalue weighted by Crippen LogP contribution is -2.23. The molecule has 1 aliphatic rings. The van der Waals surface area contributed by atoms with E-state index in [1.807, 2.05) is 35.7 Å². The molecule has 4 rings (SSSR count). The van der Waals surface area contributed by atoms with E-state index in [1.54, 1.807) is 41.1 Å². The van der Waals surface area contributed by atoms with Crippen molar-refractivity contribution in [1.29, 1.82) is 0 Å². The minimum Gasteiger partial charge on any atom is -0.364 e. The van der Waals surface area contributed by atoms with Gasteiger partial charge in [-0.25, -0.2) is 4.98 Å². The lowest BCUT2D eigenvalue weighted by molar-refractivity contribution is 0.0952. The van der Waals surface area contributed by atoms with Crippen LogP contribution in [0.25, 0.3) is 11.0 Å². The van der Waals surface area contributed by atoms with Crippen LogP contribution >= 0.6 is 11.8 Å². The summed E-state index contributed by atoms with van der Waals surface area (Å²) >= 11 is 1.57. The van der Waals surface area contributed by atoms with Crippen LogP contribution in [0, 0.1) is 0 Å². The van der Waals surface area contributed by atoms with Gasteiger partial charge in [-0.1, -0.05) is 6.07 Å². The van der Waals surface area contributed by atoms with Gasteiger partial charge in [-0.3, -0.25) is 14.3 Å². The average molecular weight is 308 g/mol. The van der Waals surface area contributed by atoms with Crippen molar-refractivity contribution in [3.8, 4) is 0 Å². The normalized spacial score (nSPS) is 17.3. The molecule has 108 valence electrons. The topological polar surface area (TPSA) is 59.8 Å². The Balaban J connectivity index is 1.60. The van der Waals surface area contributed by atoms with E-state index in [4.69, 9.17) is 0 Å². The van der Waals surface area contributed by atoms with Crippen LogP contribution in [0.15, 0.2) is 66.2 Å². The van der Waals surface area contributed by atoms with Crippen LogP contribution in [-0.2, 0) is 0 Å². The van der Waals surface area contributed by atoms with Crippen molar-refractivity contribution >= 4 is 28.7 Å². The second-order valence-electron chi connectivity index (χ2n) is 4.89. The predicted octanol–water partition coefficient (Wildman–Crippen LogP) is 2.95. The quantitative estimate of drug-likeness (QED) is 0.788. The van der Waals surface area contributed by atoms with Crippen LogP contribution < -0.4 is 5.32 Å². The summed E-state index contributed by atoms with van der Waals surface area (Å²) in [4.78, 5) is 21.1. The fourth-order valence-electron chi connectivity index (χ4n) is 2.41. The Bertz CT molecular complexity index is 872. The Kier molecular flexibility index (Phi) is 3.16. The van der Waals surface area contributed by atoms with Gasteiger partial charge in [-0.05, 0) is 24.3 Å². The zero-order valence-corrected chi connectivity index (χ0v) is 12.3. The summed E-state index contributed by atoms with van der Waals surface area (Å²) in [6, 6.07) is 9.57. The summed E-state index contributed by atoms with van der Waals surface area (Å²) in [5.41, 5.74) is 2.29. The fourth-order valence-corrected chi connectivity index (χ4v) is 3.34. The molecule has 0 saturated heterocycles. The third-order valence-electron chi connectivity index (χ3n) is 3.49. The van der Waals surface area contributed by atoms with Gasteiger partial charge in [0.1, 0.15) is 16.7 Å². The van der Waals surface area contributed by atoms with E-state index in [0.717, 1.165) is 10.9 Å². The molecule has 1 N–H and O–H groups in total. The number of hydrogen-bond acceptors (Lipinski definition) is 5. The molecular formula is C16H12N4OS. The molecule has 4 heterocycles. The number of pyridine rings is 2. The molecule has 0 spiro atoms. The molecule has 1 unspecified atom stereocenters. The first-order chi connectivity index (χ1) is 10.8. The van der Waals surface area contributed by atoms with Gasteiger partial charge >= 0.3 is 0 Å². The molecule has 1 atom stereocenters. The molecule has 0 aromatic carbocycles. The number of carbonyl (C=O) groups is 1. The summed E-state index contributed by atoms with van der Waals surface area (Å²) < 4.78 is 1.57. The van der Waals surface area contributed by atoms with Crippen molar-refractivity contribution in [2.24, 2.45) is 0 Å². The Labute approximate surface area is 131 Å².